The predicted molar refractivity (Wildman–Crippen MR) is 92.2 cm³/mol. The molecule has 0 atom stereocenters. The van der Waals surface area contributed by atoms with Gasteiger partial charge < -0.3 is 14.8 Å². The number of ether oxygens (including phenoxy) is 2. The molecule has 0 bridgehead atoms. The van der Waals surface area contributed by atoms with E-state index in [4.69, 9.17) is 21.7 Å². The highest BCUT2D eigenvalue weighted by molar-refractivity contribution is 7.80. The SMILES string of the molecule is COc1ccc(/C=C/C(=O)NC(=S)NC(C)(C)C)cc1OC. The van der Waals surface area contributed by atoms with Crippen molar-refractivity contribution in [2.24, 2.45) is 0 Å². The van der Waals surface area contributed by atoms with Gasteiger partial charge in [-0.3, -0.25) is 10.1 Å². The quantitative estimate of drug-likeness (QED) is 0.659. The molecule has 22 heavy (non-hydrogen) atoms. The van der Waals surface area contributed by atoms with E-state index >= 15 is 0 Å². The minimum atomic E-state index is -0.295. The van der Waals surface area contributed by atoms with E-state index in [1.54, 1.807) is 32.4 Å². The lowest BCUT2D eigenvalue weighted by atomic mass is 10.1. The second-order valence-electron chi connectivity index (χ2n) is 5.64. The summed E-state index contributed by atoms with van der Waals surface area (Å²) < 4.78 is 10.4. The molecule has 0 fully saturated rings. The Morgan fingerprint density at radius 3 is 2.36 bits per heavy atom. The number of carbonyl (C=O) groups is 1. The topological polar surface area (TPSA) is 59.6 Å². The highest BCUT2D eigenvalue weighted by Gasteiger charge is 2.11. The lowest BCUT2D eigenvalue weighted by molar-refractivity contribution is -0.115. The van der Waals surface area contributed by atoms with Crippen LogP contribution in [0, 0.1) is 0 Å². The number of benzene rings is 1. The van der Waals surface area contributed by atoms with Crippen LogP contribution in [-0.4, -0.2) is 30.8 Å². The van der Waals surface area contributed by atoms with Crippen molar-refractivity contribution in [1.29, 1.82) is 0 Å². The number of thiocarbonyl (C=S) groups is 1. The van der Waals surface area contributed by atoms with Gasteiger partial charge >= 0.3 is 0 Å². The van der Waals surface area contributed by atoms with Gasteiger partial charge in [-0.15, -0.1) is 0 Å². The maximum absolute atomic E-state index is 11.8. The number of hydrogen-bond acceptors (Lipinski definition) is 4. The number of methoxy groups -OCH3 is 2. The van der Waals surface area contributed by atoms with E-state index in [1.807, 2.05) is 26.8 Å². The number of rotatable bonds is 4. The molecule has 1 rings (SSSR count). The second-order valence-corrected chi connectivity index (χ2v) is 6.05. The molecule has 2 N–H and O–H groups in total. The van der Waals surface area contributed by atoms with Gasteiger partial charge in [0, 0.05) is 11.6 Å². The monoisotopic (exact) mass is 322 g/mol. The van der Waals surface area contributed by atoms with E-state index in [0.29, 0.717) is 16.6 Å². The van der Waals surface area contributed by atoms with E-state index in [9.17, 15) is 4.79 Å². The zero-order valence-electron chi connectivity index (χ0n) is 13.5. The molecule has 0 saturated heterocycles. The summed E-state index contributed by atoms with van der Waals surface area (Å²) in [6.07, 6.45) is 3.09. The molecule has 1 aromatic carbocycles. The minimum absolute atomic E-state index is 0.197. The van der Waals surface area contributed by atoms with Crippen LogP contribution in [0.1, 0.15) is 26.3 Å². The summed E-state index contributed by atoms with van der Waals surface area (Å²) in [4.78, 5) is 11.8. The lowest BCUT2D eigenvalue weighted by Gasteiger charge is -2.22. The van der Waals surface area contributed by atoms with Crippen molar-refractivity contribution >= 4 is 29.3 Å². The maximum atomic E-state index is 11.8. The molecule has 0 saturated carbocycles. The summed E-state index contributed by atoms with van der Waals surface area (Å²) >= 11 is 5.07. The summed E-state index contributed by atoms with van der Waals surface area (Å²) in [6.45, 7) is 5.89. The Bertz CT molecular complexity index is 577. The average Bonchev–Trinajstić information content (AvgIpc) is 2.42. The van der Waals surface area contributed by atoms with Crippen LogP contribution >= 0.6 is 12.2 Å². The third kappa shape index (κ3) is 6.13. The van der Waals surface area contributed by atoms with Crippen molar-refractivity contribution in [1.82, 2.24) is 10.6 Å². The van der Waals surface area contributed by atoms with Gasteiger partial charge in [0.25, 0.3) is 0 Å². The molecular weight excluding hydrogens is 300 g/mol. The molecule has 0 aliphatic rings. The molecule has 120 valence electrons. The molecule has 1 amide bonds. The first kappa shape index (κ1) is 18.0. The number of amides is 1. The smallest absolute Gasteiger partial charge is 0.250 e. The van der Waals surface area contributed by atoms with Crippen LogP contribution in [0.5, 0.6) is 11.5 Å². The van der Waals surface area contributed by atoms with E-state index in [-0.39, 0.29) is 11.4 Å². The number of carbonyl (C=O) groups excluding carboxylic acids is 1. The molecule has 5 nitrogen and oxygen atoms in total. The Labute approximate surface area is 136 Å². The van der Waals surface area contributed by atoms with Crippen LogP contribution in [0.3, 0.4) is 0 Å². The molecule has 1 aromatic rings. The van der Waals surface area contributed by atoms with Crippen molar-refractivity contribution in [2.75, 3.05) is 14.2 Å². The lowest BCUT2D eigenvalue weighted by Crippen LogP contribution is -2.47. The van der Waals surface area contributed by atoms with Crippen LogP contribution in [0.15, 0.2) is 24.3 Å². The molecule has 0 spiro atoms. The van der Waals surface area contributed by atoms with E-state index in [2.05, 4.69) is 10.6 Å². The highest BCUT2D eigenvalue weighted by Crippen LogP contribution is 2.27. The molecule has 0 aliphatic carbocycles. The van der Waals surface area contributed by atoms with Gasteiger partial charge in [-0.2, -0.15) is 0 Å². The van der Waals surface area contributed by atoms with Crippen LogP contribution in [-0.2, 0) is 4.79 Å². The Kier molecular flexibility index (Phi) is 6.37. The Balaban J connectivity index is 2.68. The summed E-state index contributed by atoms with van der Waals surface area (Å²) in [5.41, 5.74) is 0.625. The van der Waals surface area contributed by atoms with Gasteiger partial charge in [0.2, 0.25) is 5.91 Å². The predicted octanol–water partition coefficient (Wildman–Crippen LogP) is 2.51. The summed E-state index contributed by atoms with van der Waals surface area (Å²) in [7, 11) is 3.14. The Morgan fingerprint density at radius 2 is 1.82 bits per heavy atom. The van der Waals surface area contributed by atoms with Gasteiger partial charge in [0.1, 0.15) is 0 Å². The summed E-state index contributed by atoms with van der Waals surface area (Å²) in [5, 5.41) is 5.91. The summed E-state index contributed by atoms with van der Waals surface area (Å²) in [5.74, 6) is 0.950. The Morgan fingerprint density at radius 1 is 1.18 bits per heavy atom. The van der Waals surface area contributed by atoms with Crippen LogP contribution in [0.2, 0.25) is 0 Å². The zero-order chi connectivity index (χ0) is 16.8. The van der Waals surface area contributed by atoms with E-state index in [0.717, 1.165) is 5.56 Å². The molecule has 0 radical (unpaired) electrons. The van der Waals surface area contributed by atoms with Gasteiger partial charge in [-0.1, -0.05) is 6.07 Å². The molecule has 0 aromatic heterocycles. The minimum Gasteiger partial charge on any atom is -0.493 e. The van der Waals surface area contributed by atoms with Crippen LogP contribution < -0.4 is 20.1 Å². The van der Waals surface area contributed by atoms with Crippen molar-refractivity contribution < 1.29 is 14.3 Å². The first-order chi connectivity index (χ1) is 10.2. The maximum Gasteiger partial charge on any atom is 0.250 e. The molecular formula is C16H22N2O3S. The van der Waals surface area contributed by atoms with Crippen molar-refractivity contribution in [3.8, 4) is 11.5 Å². The first-order valence-corrected chi connectivity index (χ1v) is 7.19. The number of nitrogens with one attached hydrogen (secondary N) is 2. The summed E-state index contributed by atoms with van der Waals surface area (Å²) in [6, 6.07) is 5.40. The number of hydrogen-bond donors (Lipinski definition) is 2. The largest absolute Gasteiger partial charge is 0.493 e. The molecule has 0 unspecified atom stereocenters. The zero-order valence-corrected chi connectivity index (χ0v) is 14.3. The van der Waals surface area contributed by atoms with Gasteiger partial charge in [-0.05, 0) is 56.8 Å². The third-order valence-corrected chi connectivity index (χ3v) is 2.76. The van der Waals surface area contributed by atoms with E-state index in [1.165, 1.54) is 6.08 Å². The first-order valence-electron chi connectivity index (χ1n) is 6.78. The normalized spacial score (nSPS) is 11.1. The van der Waals surface area contributed by atoms with Crippen molar-refractivity contribution in [3.63, 3.8) is 0 Å². The van der Waals surface area contributed by atoms with Crippen LogP contribution in [0.4, 0.5) is 0 Å². The van der Waals surface area contributed by atoms with E-state index < -0.39 is 0 Å². The van der Waals surface area contributed by atoms with Crippen molar-refractivity contribution in [2.45, 2.75) is 26.3 Å². The van der Waals surface area contributed by atoms with Crippen molar-refractivity contribution in [3.05, 3.63) is 29.8 Å². The standard InChI is InChI=1S/C16H22N2O3S/c1-16(2,3)18-15(22)17-14(19)9-7-11-6-8-12(20-4)13(10-11)21-5/h6-10H,1-5H3,(H2,17,18,19,22)/b9-7+. The fourth-order valence-electron chi connectivity index (χ4n) is 1.65. The third-order valence-electron chi connectivity index (χ3n) is 2.56. The average molecular weight is 322 g/mol. The van der Waals surface area contributed by atoms with Gasteiger partial charge in [0.05, 0.1) is 14.2 Å². The second kappa shape index (κ2) is 7.79. The fraction of sp³-hybridized carbons (Fsp3) is 0.375. The Hall–Kier alpha value is -2.08. The van der Waals surface area contributed by atoms with Crippen LogP contribution in [0.25, 0.3) is 6.08 Å². The highest BCUT2D eigenvalue weighted by atomic mass is 32.1. The molecule has 0 aliphatic heterocycles. The van der Waals surface area contributed by atoms with Gasteiger partial charge in [0.15, 0.2) is 16.6 Å². The molecule has 6 heteroatoms. The molecule has 0 heterocycles. The van der Waals surface area contributed by atoms with Gasteiger partial charge in [-0.25, -0.2) is 0 Å². The fourth-order valence-corrected chi connectivity index (χ4v) is 2.06.